The van der Waals surface area contributed by atoms with Gasteiger partial charge in [0.05, 0.1) is 4.92 Å². The number of benzene rings is 2. The summed E-state index contributed by atoms with van der Waals surface area (Å²) in [5, 5.41) is 16.6. The van der Waals surface area contributed by atoms with Crippen LogP contribution in [0.3, 0.4) is 0 Å². The highest BCUT2D eigenvalue weighted by Gasteiger charge is 2.15. The van der Waals surface area contributed by atoms with Gasteiger partial charge >= 0.3 is 0 Å². The minimum absolute atomic E-state index is 0.000710. The summed E-state index contributed by atoms with van der Waals surface area (Å²) in [6, 6.07) is 13.6. The Kier molecular flexibility index (Phi) is 6.76. The second-order valence-electron chi connectivity index (χ2n) is 5.21. The molecule has 0 bridgehead atoms. The van der Waals surface area contributed by atoms with E-state index in [-0.39, 0.29) is 11.6 Å². The average Bonchev–Trinajstić information content (AvgIpc) is 2.60. The smallest absolute Gasteiger partial charge is 0.292 e. The van der Waals surface area contributed by atoms with Gasteiger partial charge in [-0.05, 0) is 37.3 Å². The molecule has 0 aliphatic heterocycles. The molecule has 0 heterocycles. The van der Waals surface area contributed by atoms with Crippen LogP contribution in [0.25, 0.3) is 0 Å². The summed E-state index contributed by atoms with van der Waals surface area (Å²) in [7, 11) is 0. The summed E-state index contributed by atoms with van der Waals surface area (Å²) in [4.78, 5) is 22.5. The van der Waals surface area contributed by atoms with E-state index in [0.29, 0.717) is 24.5 Å². The zero-order chi connectivity index (χ0) is 18.2. The lowest BCUT2D eigenvalue weighted by Gasteiger charge is -2.15. The molecule has 0 radical (unpaired) electrons. The number of nitro groups is 1. The van der Waals surface area contributed by atoms with E-state index < -0.39 is 11.0 Å². The van der Waals surface area contributed by atoms with Crippen LogP contribution in [0.1, 0.15) is 6.92 Å². The zero-order valence-corrected chi connectivity index (χ0v) is 15.2. The minimum atomic E-state index is -0.646. The third-order valence-corrected chi connectivity index (χ3v) is 3.86. The summed E-state index contributed by atoms with van der Waals surface area (Å²) in [6.07, 6.45) is -0.646. The molecule has 2 aromatic carbocycles. The van der Waals surface area contributed by atoms with Crippen molar-refractivity contribution in [3.05, 3.63) is 63.1 Å². The lowest BCUT2D eigenvalue weighted by atomic mass is 10.2. The van der Waals surface area contributed by atoms with Crippen molar-refractivity contribution in [1.82, 2.24) is 5.32 Å². The molecule has 0 aromatic heterocycles. The van der Waals surface area contributed by atoms with Crippen LogP contribution < -0.4 is 15.4 Å². The highest BCUT2D eigenvalue weighted by atomic mass is 79.9. The number of rotatable bonds is 8. The van der Waals surface area contributed by atoms with E-state index >= 15 is 0 Å². The van der Waals surface area contributed by atoms with Crippen LogP contribution >= 0.6 is 15.9 Å². The second kappa shape index (κ2) is 9.03. The van der Waals surface area contributed by atoms with Gasteiger partial charge in [0.15, 0.2) is 6.10 Å². The number of amides is 1. The standard InChI is InChI=1S/C17H18BrN3O4/c1-12(25-14-8-6-13(18)7-9-14)17(22)20-11-10-19-15-4-2-3-5-16(15)21(23)24/h2-9,12,19H,10-11H2,1H3,(H,20,22)/t12-/m1/s1. The molecule has 1 amide bonds. The molecule has 2 aromatic rings. The maximum atomic E-state index is 12.0. The largest absolute Gasteiger partial charge is 0.481 e. The Morgan fingerprint density at radius 1 is 1.20 bits per heavy atom. The van der Waals surface area contributed by atoms with E-state index in [1.54, 1.807) is 37.3 Å². The Morgan fingerprint density at radius 3 is 2.56 bits per heavy atom. The number of hydrogen-bond acceptors (Lipinski definition) is 5. The van der Waals surface area contributed by atoms with E-state index in [1.165, 1.54) is 6.07 Å². The molecule has 0 saturated carbocycles. The summed E-state index contributed by atoms with van der Waals surface area (Å²) in [5.74, 6) is 0.344. The molecule has 1 atom stereocenters. The summed E-state index contributed by atoms with van der Waals surface area (Å²) < 4.78 is 6.48. The van der Waals surface area contributed by atoms with Crippen molar-refractivity contribution in [2.45, 2.75) is 13.0 Å². The number of carbonyl (C=O) groups is 1. The van der Waals surface area contributed by atoms with Crippen molar-refractivity contribution in [3.8, 4) is 5.75 Å². The molecule has 0 aliphatic rings. The van der Waals surface area contributed by atoms with Crippen LogP contribution in [0.2, 0.25) is 0 Å². The predicted octanol–water partition coefficient (Wildman–Crippen LogP) is 3.35. The van der Waals surface area contributed by atoms with Crippen LogP contribution in [0.5, 0.6) is 5.75 Å². The Hall–Kier alpha value is -2.61. The third kappa shape index (κ3) is 5.75. The van der Waals surface area contributed by atoms with Crippen LogP contribution in [0.15, 0.2) is 53.0 Å². The maximum Gasteiger partial charge on any atom is 0.292 e. The fraction of sp³-hybridized carbons (Fsp3) is 0.235. The average molecular weight is 408 g/mol. The van der Waals surface area contributed by atoms with Gasteiger partial charge in [-0.1, -0.05) is 28.1 Å². The fourth-order valence-electron chi connectivity index (χ4n) is 2.08. The molecule has 0 fully saturated rings. The molecule has 2 N–H and O–H groups in total. The van der Waals surface area contributed by atoms with Crippen LogP contribution in [0.4, 0.5) is 11.4 Å². The molecular weight excluding hydrogens is 390 g/mol. The molecule has 25 heavy (non-hydrogen) atoms. The Bertz CT molecular complexity index is 737. The van der Waals surface area contributed by atoms with Gasteiger partial charge < -0.3 is 15.4 Å². The fourth-order valence-corrected chi connectivity index (χ4v) is 2.34. The lowest BCUT2D eigenvalue weighted by molar-refractivity contribution is -0.384. The van der Waals surface area contributed by atoms with Gasteiger partial charge in [0, 0.05) is 23.6 Å². The number of nitro benzene ring substituents is 1. The summed E-state index contributed by atoms with van der Waals surface area (Å²) in [5.41, 5.74) is 0.418. The predicted molar refractivity (Wildman–Crippen MR) is 98.8 cm³/mol. The first-order chi connectivity index (χ1) is 12.0. The molecule has 2 rings (SSSR count). The molecule has 7 nitrogen and oxygen atoms in total. The summed E-state index contributed by atoms with van der Waals surface area (Å²) in [6.45, 7) is 2.34. The number of nitrogens with one attached hydrogen (secondary N) is 2. The van der Waals surface area contributed by atoms with Crippen molar-refractivity contribution in [2.75, 3.05) is 18.4 Å². The first kappa shape index (κ1) is 18.7. The van der Waals surface area contributed by atoms with E-state index in [4.69, 9.17) is 4.74 Å². The van der Waals surface area contributed by atoms with E-state index in [0.717, 1.165) is 4.47 Å². The van der Waals surface area contributed by atoms with Crippen LogP contribution in [-0.4, -0.2) is 30.0 Å². The topological polar surface area (TPSA) is 93.5 Å². The van der Waals surface area contributed by atoms with Gasteiger partial charge in [-0.25, -0.2) is 0 Å². The van der Waals surface area contributed by atoms with Crippen molar-refractivity contribution >= 4 is 33.2 Å². The van der Waals surface area contributed by atoms with Crippen molar-refractivity contribution < 1.29 is 14.5 Å². The van der Waals surface area contributed by atoms with Gasteiger partial charge in [0.25, 0.3) is 11.6 Å². The monoisotopic (exact) mass is 407 g/mol. The maximum absolute atomic E-state index is 12.0. The van der Waals surface area contributed by atoms with Crippen molar-refractivity contribution in [2.24, 2.45) is 0 Å². The zero-order valence-electron chi connectivity index (χ0n) is 13.6. The molecular formula is C17H18BrN3O4. The SMILES string of the molecule is C[C@@H](Oc1ccc(Br)cc1)C(=O)NCCNc1ccccc1[N+](=O)[O-]. The number of hydrogen-bond donors (Lipinski definition) is 2. The molecule has 0 aliphatic carbocycles. The number of anilines is 1. The van der Waals surface area contributed by atoms with Crippen molar-refractivity contribution in [1.29, 1.82) is 0 Å². The number of para-hydroxylation sites is 2. The van der Waals surface area contributed by atoms with Crippen LogP contribution in [0, 0.1) is 10.1 Å². The highest BCUT2D eigenvalue weighted by Crippen LogP contribution is 2.22. The Balaban J connectivity index is 1.76. The molecule has 0 unspecified atom stereocenters. The molecule has 132 valence electrons. The Labute approximate surface area is 153 Å². The van der Waals surface area contributed by atoms with E-state index in [9.17, 15) is 14.9 Å². The number of halogens is 1. The van der Waals surface area contributed by atoms with Crippen LogP contribution in [-0.2, 0) is 4.79 Å². The first-order valence-corrected chi connectivity index (χ1v) is 8.44. The number of ether oxygens (including phenoxy) is 1. The van der Waals surface area contributed by atoms with E-state index in [1.807, 2.05) is 12.1 Å². The summed E-state index contributed by atoms with van der Waals surface area (Å²) >= 11 is 3.33. The van der Waals surface area contributed by atoms with Gasteiger partial charge in [-0.15, -0.1) is 0 Å². The van der Waals surface area contributed by atoms with Gasteiger partial charge in [0.2, 0.25) is 0 Å². The second-order valence-corrected chi connectivity index (χ2v) is 6.12. The third-order valence-electron chi connectivity index (χ3n) is 3.34. The minimum Gasteiger partial charge on any atom is -0.481 e. The first-order valence-electron chi connectivity index (χ1n) is 7.64. The van der Waals surface area contributed by atoms with Gasteiger partial charge in [0.1, 0.15) is 11.4 Å². The van der Waals surface area contributed by atoms with Gasteiger partial charge in [-0.2, -0.15) is 0 Å². The number of carbonyl (C=O) groups excluding carboxylic acids is 1. The van der Waals surface area contributed by atoms with Gasteiger partial charge in [-0.3, -0.25) is 14.9 Å². The normalized spacial score (nSPS) is 11.4. The molecule has 0 spiro atoms. The molecule has 0 saturated heterocycles. The quantitative estimate of drug-likeness (QED) is 0.397. The lowest BCUT2D eigenvalue weighted by Crippen LogP contribution is -2.38. The Morgan fingerprint density at radius 2 is 1.88 bits per heavy atom. The highest BCUT2D eigenvalue weighted by molar-refractivity contribution is 9.10. The number of nitrogens with zero attached hydrogens (tertiary/aromatic N) is 1. The van der Waals surface area contributed by atoms with Crippen molar-refractivity contribution in [3.63, 3.8) is 0 Å². The van der Waals surface area contributed by atoms with E-state index in [2.05, 4.69) is 26.6 Å². The molecule has 8 heteroatoms.